The minimum Gasteiger partial charge on any atom is -0.480 e. The summed E-state index contributed by atoms with van der Waals surface area (Å²) in [5, 5.41) is 7.32. The van der Waals surface area contributed by atoms with Crippen LogP contribution in [0.1, 0.15) is 18.1 Å². The molecule has 0 heterocycles. The standard InChI is InChI=1S/C11H14O4S/c1-8-5-3-4-6-10(8)7-16(14,15)9(2)11(12)13/h3-6,9H,7H2,1-2H3,(H,12,13). The van der Waals surface area contributed by atoms with E-state index >= 15 is 0 Å². The van der Waals surface area contributed by atoms with Gasteiger partial charge in [-0.15, -0.1) is 0 Å². The normalized spacial score (nSPS) is 13.4. The van der Waals surface area contributed by atoms with Crippen molar-refractivity contribution >= 4 is 15.8 Å². The summed E-state index contributed by atoms with van der Waals surface area (Å²) in [6, 6.07) is 7.05. The molecule has 0 amide bonds. The third kappa shape index (κ3) is 2.82. The van der Waals surface area contributed by atoms with E-state index in [2.05, 4.69) is 0 Å². The molecule has 1 N–H and O–H groups in total. The Morgan fingerprint density at radius 3 is 2.44 bits per heavy atom. The molecule has 1 unspecified atom stereocenters. The van der Waals surface area contributed by atoms with Crippen molar-refractivity contribution in [2.75, 3.05) is 0 Å². The molecule has 0 bridgehead atoms. The Balaban J connectivity index is 2.98. The molecule has 1 aromatic carbocycles. The van der Waals surface area contributed by atoms with Gasteiger partial charge in [-0.25, -0.2) is 8.42 Å². The maximum atomic E-state index is 11.7. The molecule has 0 aliphatic heterocycles. The summed E-state index contributed by atoms with van der Waals surface area (Å²) in [6.07, 6.45) is 0. The maximum absolute atomic E-state index is 11.7. The Hall–Kier alpha value is -1.36. The predicted octanol–water partition coefficient (Wildman–Crippen LogP) is 1.38. The molecule has 0 spiro atoms. The van der Waals surface area contributed by atoms with Gasteiger partial charge in [-0.1, -0.05) is 24.3 Å². The lowest BCUT2D eigenvalue weighted by atomic mass is 10.1. The van der Waals surface area contributed by atoms with Crippen LogP contribution in [0.4, 0.5) is 0 Å². The summed E-state index contributed by atoms with van der Waals surface area (Å²) in [7, 11) is -3.63. The van der Waals surface area contributed by atoms with Crippen LogP contribution in [-0.2, 0) is 20.4 Å². The van der Waals surface area contributed by atoms with Gasteiger partial charge in [-0.05, 0) is 25.0 Å². The number of carboxylic acids is 1. The van der Waals surface area contributed by atoms with Crippen molar-refractivity contribution < 1.29 is 18.3 Å². The van der Waals surface area contributed by atoms with Crippen molar-refractivity contribution in [3.05, 3.63) is 35.4 Å². The van der Waals surface area contributed by atoms with E-state index in [1.807, 2.05) is 6.07 Å². The van der Waals surface area contributed by atoms with E-state index in [9.17, 15) is 13.2 Å². The van der Waals surface area contributed by atoms with Crippen molar-refractivity contribution in [1.82, 2.24) is 0 Å². The van der Waals surface area contributed by atoms with Gasteiger partial charge in [0, 0.05) is 0 Å². The Kier molecular flexibility index (Phi) is 3.70. The highest BCUT2D eigenvalue weighted by Gasteiger charge is 2.27. The Labute approximate surface area is 94.8 Å². The average Bonchev–Trinajstić information content (AvgIpc) is 2.20. The van der Waals surface area contributed by atoms with E-state index in [1.54, 1.807) is 25.1 Å². The zero-order valence-electron chi connectivity index (χ0n) is 9.17. The highest BCUT2D eigenvalue weighted by atomic mass is 32.2. The van der Waals surface area contributed by atoms with Crippen LogP contribution in [0.25, 0.3) is 0 Å². The molecule has 0 fully saturated rings. The number of carbonyl (C=O) groups is 1. The van der Waals surface area contributed by atoms with Crippen LogP contribution in [0.3, 0.4) is 0 Å². The van der Waals surface area contributed by atoms with Gasteiger partial charge in [0.1, 0.15) is 0 Å². The lowest BCUT2D eigenvalue weighted by Gasteiger charge is -2.10. The smallest absolute Gasteiger partial charge is 0.321 e. The lowest BCUT2D eigenvalue weighted by molar-refractivity contribution is -0.136. The molecular formula is C11H14O4S. The largest absolute Gasteiger partial charge is 0.480 e. The molecular weight excluding hydrogens is 228 g/mol. The number of hydrogen-bond donors (Lipinski definition) is 1. The zero-order valence-corrected chi connectivity index (χ0v) is 9.99. The lowest BCUT2D eigenvalue weighted by Crippen LogP contribution is -2.28. The fourth-order valence-corrected chi connectivity index (χ4v) is 2.58. The number of aliphatic carboxylic acids is 1. The molecule has 0 saturated heterocycles. The second-order valence-corrected chi connectivity index (χ2v) is 6.04. The van der Waals surface area contributed by atoms with Gasteiger partial charge in [-0.2, -0.15) is 0 Å². The van der Waals surface area contributed by atoms with Crippen molar-refractivity contribution in [3.63, 3.8) is 0 Å². The van der Waals surface area contributed by atoms with Crippen molar-refractivity contribution in [2.45, 2.75) is 24.9 Å². The van der Waals surface area contributed by atoms with Crippen LogP contribution in [-0.4, -0.2) is 24.7 Å². The number of aryl methyl sites for hydroxylation is 1. The van der Waals surface area contributed by atoms with Crippen molar-refractivity contribution in [1.29, 1.82) is 0 Å². The molecule has 0 radical (unpaired) electrons. The molecule has 5 heteroatoms. The molecule has 88 valence electrons. The van der Waals surface area contributed by atoms with Crippen LogP contribution in [0.5, 0.6) is 0 Å². The molecule has 0 aliphatic rings. The van der Waals surface area contributed by atoms with Gasteiger partial charge < -0.3 is 5.11 Å². The van der Waals surface area contributed by atoms with E-state index in [4.69, 9.17) is 5.11 Å². The zero-order chi connectivity index (χ0) is 12.3. The number of hydrogen-bond acceptors (Lipinski definition) is 3. The van der Waals surface area contributed by atoms with Gasteiger partial charge in [0.2, 0.25) is 0 Å². The van der Waals surface area contributed by atoms with Gasteiger partial charge >= 0.3 is 5.97 Å². The predicted molar refractivity (Wildman–Crippen MR) is 60.9 cm³/mol. The SMILES string of the molecule is Cc1ccccc1CS(=O)(=O)C(C)C(=O)O. The molecule has 0 saturated carbocycles. The average molecular weight is 242 g/mol. The van der Waals surface area contributed by atoms with Gasteiger partial charge in [0.05, 0.1) is 5.75 Å². The minimum absolute atomic E-state index is 0.229. The first-order chi connectivity index (χ1) is 7.34. The first kappa shape index (κ1) is 12.7. The van der Waals surface area contributed by atoms with E-state index in [1.165, 1.54) is 6.92 Å². The van der Waals surface area contributed by atoms with Crippen molar-refractivity contribution in [3.8, 4) is 0 Å². The Bertz CT molecular complexity index is 490. The highest BCUT2D eigenvalue weighted by molar-refractivity contribution is 7.91. The molecule has 1 rings (SSSR count). The number of carboxylic acid groups (broad SMARTS) is 1. The summed E-state index contributed by atoms with van der Waals surface area (Å²) in [5.41, 5.74) is 1.50. The topological polar surface area (TPSA) is 71.4 Å². The number of sulfone groups is 1. The fourth-order valence-electron chi connectivity index (χ4n) is 1.27. The molecule has 1 atom stereocenters. The van der Waals surface area contributed by atoms with Gasteiger partial charge in [0.25, 0.3) is 0 Å². The first-order valence-corrected chi connectivity index (χ1v) is 6.55. The molecule has 16 heavy (non-hydrogen) atoms. The summed E-state index contributed by atoms with van der Waals surface area (Å²) in [5.74, 6) is -1.54. The van der Waals surface area contributed by atoms with Crippen LogP contribution in [0, 0.1) is 6.92 Å². The van der Waals surface area contributed by atoms with Gasteiger partial charge in [0.15, 0.2) is 15.1 Å². The summed E-state index contributed by atoms with van der Waals surface area (Å²) in [6.45, 7) is 2.99. The van der Waals surface area contributed by atoms with Crippen LogP contribution < -0.4 is 0 Å². The minimum atomic E-state index is -3.63. The summed E-state index contributed by atoms with van der Waals surface area (Å²) < 4.78 is 23.4. The second-order valence-electron chi connectivity index (χ2n) is 3.71. The van der Waals surface area contributed by atoms with E-state index in [0.29, 0.717) is 5.56 Å². The molecule has 4 nitrogen and oxygen atoms in total. The van der Waals surface area contributed by atoms with Crippen molar-refractivity contribution in [2.24, 2.45) is 0 Å². The second kappa shape index (κ2) is 4.65. The first-order valence-electron chi connectivity index (χ1n) is 4.83. The van der Waals surface area contributed by atoms with E-state index in [0.717, 1.165) is 5.56 Å². The molecule has 0 aromatic heterocycles. The monoisotopic (exact) mass is 242 g/mol. The van der Waals surface area contributed by atoms with E-state index < -0.39 is 21.1 Å². The fraction of sp³-hybridized carbons (Fsp3) is 0.364. The summed E-state index contributed by atoms with van der Waals surface area (Å²) >= 11 is 0. The number of benzene rings is 1. The Morgan fingerprint density at radius 1 is 1.38 bits per heavy atom. The number of rotatable bonds is 4. The summed E-state index contributed by atoms with van der Waals surface area (Å²) in [4.78, 5) is 10.6. The van der Waals surface area contributed by atoms with Gasteiger partial charge in [-0.3, -0.25) is 4.79 Å². The van der Waals surface area contributed by atoms with Crippen LogP contribution in [0.15, 0.2) is 24.3 Å². The Morgan fingerprint density at radius 2 is 1.94 bits per heavy atom. The van der Waals surface area contributed by atoms with E-state index in [-0.39, 0.29) is 5.75 Å². The molecule has 0 aliphatic carbocycles. The maximum Gasteiger partial charge on any atom is 0.321 e. The van der Waals surface area contributed by atoms with Crippen LogP contribution >= 0.6 is 0 Å². The highest BCUT2D eigenvalue weighted by Crippen LogP contribution is 2.14. The third-order valence-electron chi connectivity index (χ3n) is 2.50. The van der Waals surface area contributed by atoms with Crippen LogP contribution in [0.2, 0.25) is 0 Å². The molecule has 1 aromatic rings. The third-order valence-corrected chi connectivity index (χ3v) is 4.50. The quantitative estimate of drug-likeness (QED) is 0.865.